The largest absolute Gasteiger partial charge is 0.446 e. The maximum absolute atomic E-state index is 14.4. The van der Waals surface area contributed by atoms with Gasteiger partial charge < -0.3 is 29.9 Å². The molecule has 5 atom stereocenters. The molecule has 6 aliphatic rings. The Hall–Kier alpha value is -3.88. The first kappa shape index (κ1) is 36.5. The average molecular weight is 742 g/mol. The normalized spacial score (nSPS) is 30.1. The Morgan fingerprint density at radius 2 is 1.54 bits per heavy atom. The van der Waals surface area contributed by atoms with Crippen molar-refractivity contribution >= 4 is 39.9 Å². The molecule has 284 valence electrons. The van der Waals surface area contributed by atoms with Crippen LogP contribution < -0.4 is 15.4 Å². The highest BCUT2D eigenvalue weighted by atomic mass is 32.2. The van der Waals surface area contributed by atoms with Gasteiger partial charge in [0.15, 0.2) is 0 Å². The van der Waals surface area contributed by atoms with Gasteiger partial charge in [-0.25, -0.2) is 18.0 Å². The molecule has 3 heterocycles. The number of carbonyl (C=O) groups is 5. The van der Waals surface area contributed by atoms with E-state index in [2.05, 4.69) is 15.4 Å². The molecule has 0 radical (unpaired) electrons. The van der Waals surface area contributed by atoms with E-state index < -0.39 is 68.9 Å². The lowest BCUT2D eigenvalue weighted by atomic mass is 10.0. The molecule has 1 aromatic rings. The zero-order valence-corrected chi connectivity index (χ0v) is 30.5. The van der Waals surface area contributed by atoms with Gasteiger partial charge in [0.1, 0.15) is 29.8 Å². The molecule has 0 aromatic heterocycles. The van der Waals surface area contributed by atoms with Crippen LogP contribution in [0.5, 0.6) is 0 Å². The number of alkyl carbamates (subject to hydrolysis) is 1. The molecule has 3 aliphatic heterocycles. The third kappa shape index (κ3) is 8.18. The van der Waals surface area contributed by atoms with Gasteiger partial charge in [0, 0.05) is 19.5 Å². The molecule has 15 heteroatoms. The standard InChI is InChI=1S/C37H51N5O9S/c43-32-31-20-28(51-36(47)41-19-18-24-10-6-7-11-25(24)22-41)23-42(31)33(44)30(38-35(46)50-27-13-8-9-14-27)15-5-3-1-2-4-12-26-21-37(26,39-32)34(45)40-52(48,49)29-16-17-29/h6-7,10-11,26-31H,1-5,8-9,12-23H2,(H,38,46)(H,39,43)(H,40,45)/t26-,28+,30-,31-,37+/m0/s1. The van der Waals surface area contributed by atoms with E-state index in [1.54, 1.807) is 4.90 Å². The summed E-state index contributed by atoms with van der Waals surface area (Å²) in [5.41, 5.74) is 0.781. The second kappa shape index (κ2) is 15.2. The highest BCUT2D eigenvalue weighted by Crippen LogP contribution is 2.48. The van der Waals surface area contributed by atoms with E-state index in [1.807, 2.05) is 24.3 Å². The summed E-state index contributed by atoms with van der Waals surface area (Å²) in [5.74, 6) is -2.12. The summed E-state index contributed by atoms with van der Waals surface area (Å²) in [6, 6.07) is 5.80. The van der Waals surface area contributed by atoms with E-state index in [-0.39, 0.29) is 31.4 Å². The fourth-order valence-electron chi connectivity index (χ4n) is 8.46. The molecule has 3 N–H and O–H groups in total. The van der Waals surface area contributed by atoms with Gasteiger partial charge in [0.25, 0.3) is 5.91 Å². The van der Waals surface area contributed by atoms with Crippen LogP contribution in [-0.2, 0) is 46.8 Å². The Bertz CT molecular complexity index is 1660. The monoisotopic (exact) mass is 741 g/mol. The van der Waals surface area contributed by atoms with Crippen LogP contribution in [0.15, 0.2) is 24.3 Å². The van der Waals surface area contributed by atoms with Gasteiger partial charge in [-0.3, -0.25) is 19.1 Å². The minimum absolute atomic E-state index is 0.0181. The zero-order valence-electron chi connectivity index (χ0n) is 29.7. The minimum Gasteiger partial charge on any atom is -0.446 e. The van der Waals surface area contributed by atoms with Crippen LogP contribution in [0, 0.1) is 5.92 Å². The first-order valence-electron chi connectivity index (χ1n) is 19.2. The van der Waals surface area contributed by atoms with Crippen molar-refractivity contribution in [3.05, 3.63) is 35.4 Å². The summed E-state index contributed by atoms with van der Waals surface area (Å²) in [6.45, 7) is 0.765. The van der Waals surface area contributed by atoms with Gasteiger partial charge in [-0.05, 0) is 81.3 Å². The molecular formula is C37H51N5O9S. The molecule has 0 bridgehead atoms. The number of sulfonamides is 1. The number of nitrogens with one attached hydrogen (secondary N) is 3. The lowest BCUT2D eigenvalue weighted by Gasteiger charge is -2.30. The van der Waals surface area contributed by atoms with Crippen molar-refractivity contribution in [1.82, 2.24) is 25.2 Å². The number of ether oxygens (including phenoxy) is 2. The highest BCUT2D eigenvalue weighted by Gasteiger charge is 2.62. The van der Waals surface area contributed by atoms with Gasteiger partial charge in [-0.1, -0.05) is 56.4 Å². The van der Waals surface area contributed by atoms with Gasteiger partial charge in [0.2, 0.25) is 21.8 Å². The van der Waals surface area contributed by atoms with Crippen molar-refractivity contribution in [2.45, 2.75) is 144 Å². The summed E-state index contributed by atoms with van der Waals surface area (Å²) in [4.78, 5) is 71.8. The number of fused-ring (bicyclic) bond motifs is 3. The van der Waals surface area contributed by atoms with Crippen LogP contribution in [0.1, 0.15) is 107 Å². The molecule has 0 spiro atoms. The van der Waals surface area contributed by atoms with Gasteiger partial charge >= 0.3 is 12.2 Å². The van der Waals surface area contributed by atoms with Crippen molar-refractivity contribution < 1.29 is 41.9 Å². The average Bonchev–Trinajstić information content (AvgIpc) is 4.00. The van der Waals surface area contributed by atoms with Crippen molar-refractivity contribution in [3.8, 4) is 0 Å². The predicted octanol–water partition coefficient (Wildman–Crippen LogP) is 3.42. The van der Waals surface area contributed by atoms with Crippen molar-refractivity contribution in [2.24, 2.45) is 5.92 Å². The summed E-state index contributed by atoms with van der Waals surface area (Å²) in [7, 11) is -3.87. The number of hydrogen-bond acceptors (Lipinski definition) is 9. The lowest BCUT2D eigenvalue weighted by molar-refractivity contribution is -0.141. The van der Waals surface area contributed by atoms with Gasteiger partial charge in [0.05, 0.1) is 11.8 Å². The van der Waals surface area contributed by atoms with Crippen molar-refractivity contribution in [2.75, 3.05) is 13.1 Å². The predicted molar refractivity (Wildman–Crippen MR) is 188 cm³/mol. The van der Waals surface area contributed by atoms with Crippen LogP contribution in [0.2, 0.25) is 0 Å². The Kier molecular flexibility index (Phi) is 10.7. The molecule has 2 saturated heterocycles. The Morgan fingerprint density at radius 3 is 2.29 bits per heavy atom. The van der Waals surface area contributed by atoms with Crippen LogP contribution in [-0.4, -0.2) is 96.3 Å². The van der Waals surface area contributed by atoms with Crippen LogP contribution in [0.25, 0.3) is 0 Å². The number of carbonyl (C=O) groups excluding carboxylic acids is 5. The molecule has 1 aromatic carbocycles. The highest BCUT2D eigenvalue weighted by molar-refractivity contribution is 7.91. The summed E-state index contributed by atoms with van der Waals surface area (Å²) in [6.07, 6.45) is 8.17. The molecule has 5 fully saturated rings. The molecule has 14 nitrogen and oxygen atoms in total. The third-order valence-electron chi connectivity index (χ3n) is 11.8. The van der Waals surface area contributed by atoms with E-state index >= 15 is 0 Å². The maximum Gasteiger partial charge on any atom is 0.410 e. The van der Waals surface area contributed by atoms with Gasteiger partial charge in [-0.2, -0.15) is 0 Å². The molecule has 0 unspecified atom stereocenters. The number of amides is 5. The second-order valence-corrected chi connectivity index (χ2v) is 17.5. The molecule has 3 aliphatic carbocycles. The fourth-order valence-corrected chi connectivity index (χ4v) is 9.82. The van der Waals surface area contributed by atoms with E-state index in [0.29, 0.717) is 51.6 Å². The lowest BCUT2D eigenvalue weighted by Crippen LogP contribution is -2.58. The van der Waals surface area contributed by atoms with E-state index in [0.717, 1.165) is 56.9 Å². The smallest absolute Gasteiger partial charge is 0.410 e. The van der Waals surface area contributed by atoms with E-state index in [1.165, 1.54) is 10.5 Å². The van der Waals surface area contributed by atoms with E-state index in [4.69, 9.17) is 9.47 Å². The molecule has 52 heavy (non-hydrogen) atoms. The Labute approximate surface area is 305 Å². The summed E-state index contributed by atoms with van der Waals surface area (Å²) < 4.78 is 39.4. The summed E-state index contributed by atoms with van der Waals surface area (Å²) in [5, 5.41) is 5.07. The zero-order chi connectivity index (χ0) is 36.5. The number of rotatable bonds is 6. The van der Waals surface area contributed by atoms with E-state index in [9.17, 15) is 32.4 Å². The maximum atomic E-state index is 14.4. The second-order valence-electron chi connectivity index (χ2n) is 15.6. The quantitative estimate of drug-likeness (QED) is 0.394. The van der Waals surface area contributed by atoms with Crippen LogP contribution >= 0.6 is 0 Å². The van der Waals surface area contributed by atoms with Crippen molar-refractivity contribution in [1.29, 1.82) is 0 Å². The first-order chi connectivity index (χ1) is 25.0. The summed E-state index contributed by atoms with van der Waals surface area (Å²) >= 11 is 0. The topological polar surface area (TPSA) is 181 Å². The Balaban J connectivity index is 1.11. The minimum atomic E-state index is -3.87. The fraction of sp³-hybridized carbons (Fsp3) is 0.703. The van der Waals surface area contributed by atoms with Gasteiger partial charge in [-0.15, -0.1) is 0 Å². The molecule has 5 amide bonds. The Morgan fingerprint density at radius 1 is 0.846 bits per heavy atom. The number of benzene rings is 1. The first-order valence-corrected chi connectivity index (χ1v) is 20.7. The molecule has 7 rings (SSSR count). The SMILES string of the molecule is O=C(N[C@H]1CCCCCCC[C@H]2C[C@@]2(C(=O)NS(=O)(=O)C2CC2)NC(=O)[C@@H]2C[C@@H](OC(=O)N3CCc4ccccc4C3)CN2C1=O)OC1CCCC1. The third-order valence-corrected chi connectivity index (χ3v) is 13.6. The van der Waals surface area contributed by atoms with Crippen LogP contribution in [0.4, 0.5) is 9.59 Å². The number of nitrogens with zero attached hydrogens (tertiary/aromatic N) is 2. The molecular weight excluding hydrogens is 690 g/mol. The van der Waals surface area contributed by atoms with Crippen molar-refractivity contribution in [3.63, 3.8) is 0 Å². The number of hydrogen-bond donors (Lipinski definition) is 3. The molecule has 3 saturated carbocycles. The van der Waals surface area contributed by atoms with Crippen LogP contribution in [0.3, 0.4) is 0 Å².